The minimum Gasteiger partial charge on any atom is -0.480 e. The predicted molar refractivity (Wildman–Crippen MR) is 42.7 cm³/mol. The molecule has 0 radical (unpaired) electrons. The van der Waals surface area contributed by atoms with E-state index in [-0.39, 0.29) is 6.54 Å². The van der Waals surface area contributed by atoms with Crippen LogP contribution < -0.4 is 0 Å². The van der Waals surface area contributed by atoms with Crippen molar-refractivity contribution in [1.82, 2.24) is 4.90 Å². The van der Waals surface area contributed by atoms with Gasteiger partial charge in [0, 0.05) is 7.05 Å². The Balaban J connectivity index is 3.92. The Morgan fingerprint density at radius 2 is 2.27 bits per heavy atom. The Hall–Kier alpha value is -0.910. The molecule has 0 bridgehead atoms. The van der Waals surface area contributed by atoms with E-state index in [2.05, 4.69) is 20.2 Å². The molecule has 1 N–H and O–H groups in total. The molecule has 11 heavy (non-hydrogen) atoms. The van der Waals surface area contributed by atoms with E-state index in [4.69, 9.17) is 5.11 Å². The average Bonchev–Trinajstić information content (AvgIpc) is 1.86. The molecular formula is C5H7BrN2O3. The molecule has 0 saturated heterocycles. The largest absolute Gasteiger partial charge is 0.480 e. The molecule has 0 unspecified atom stereocenters. The van der Waals surface area contributed by atoms with Gasteiger partial charge in [-0.25, -0.2) is 4.02 Å². The molecule has 62 valence electrons. The van der Waals surface area contributed by atoms with E-state index in [1.54, 1.807) is 0 Å². The van der Waals surface area contributed by atoms with Gasteiger partial charge in [-0.2, -0.15) is 0 Å². The zero-order valence-corrected chi connectivity index (χ0v) is 7.41. The summed E-state index contributed by atoms with van der Waals surface area (Å²) in [5, 5.41) is 8.25. The van der Waals surface area contributed by atoms with Crippen LogP contribution in [-0.4, -0.2) is 41.7 Å². The van der Waals surface area contributed by atoms with Crippen LogP contribution in [0.15, 0.2) is 4.02 Å². The standard InChI is InChI=1S/C5H7BrN2O3/c1-8(3-5(10)11)4(9)2-7-6/h2H,3H2,1H3,(H,10,11)/b7-2+. The zero-order chi connectivity index (χ0) is 8.85. The number of carboxylic acids is 1. The summed E-state index contributed by atoms with van der Waals surface area (Å²) in [6.45, 7) is -0.322. The van der Waals surface area contributed by atoms with Crippen LogP contribution in [-0.2, 0) is 9.59 Å². The average molecular weight is 223 g/mol. The van der Waals surface area contributed by atoms with Gasteiger partial charge < -0.3 is 10.0 Å². The molecule has 0 aromatic rings. The van der Waals surface area contributed by atoms with Crippen molar-refractivity contribution in [3.8, 4) is 0 Å². The number of carbonyl (C=O) groups is 2. The summed E-state index contributed by atoms with van der Waals surface area (Å²) in [5.74, 6) is -1.51. The lowest BCUT2D eigenvalue weighted by Gasteiger charge is -2.09. The third kappa shape index (κ3) is 4.49. The Morgan fingerprint density at radius 3 is 2.64 bits per heavy atom. The van der Waals surface area contributed by atoms with E-state index in [0.717, 1.165) is 11.1 Å². The summed E-state index contributed by atoms with van der Waals surface area (Å²) in [4.78, 5) is 21.9. The van der Waals surface area contributed by atoms with Crippen molar-refractivity contribution in [3.05, 3.63) is 0 Å². The van der Waals surface area contributed by atoms with E-state index in [0.29, 0.717) is 0 Å². The fraction of sp³-hybridized carbons (Fsp3) is 0.400. The van der Waals surface area contributed by atoms with Crippen LogP contribution in [0.2, 0.25) is 0 Å². The van der Waals surface area contributed by atoms with Crippen molar-refractivity contribution in [1.29, 1.82) is 0 Å². The maximum Gasteiger partial charge on any atom is 0.323 e. The number of nitrogens with zero attached hydrogens (tertiary/aromatic N) is 2. The highest BCUT2D eigenvalue weighted by atomic mass is 79.9. The number of likely N-dealkylation sites (N-methyl/N-ethyl adjacent to an activating group) is 1. The van der Waals surface area contributed by atoms with Crippen molar-refractivity contribution in [2.24, 2.45) is 4.02 Å². The highest BCUT2D eigenvalue weighted by Gasteiger charge is 2.08. The SMILES string of the molecule is CN(CC(=O)O)C(=O)/C=N/Br. The van der Waals surface area contributed by atoms with Gasteiger partial charge in [0.2, 0.25) is 0 Å². The smallest absolute Gasteiger partial charge is 0.323 e. The van der Waals surface area contributed by atoms with Crippen LogP contribution in [0, 0.1) is 0 Å². The van der Waals surface area contributed by atoms with Crippen molar-refractivity contribution < 1.29 is 14.7 Å². The van der Waals surface area contributed by atoms with Crippen molar-refractivity contribution in [2.75, 3.05) is 13.6 Å². The lowest BCUT2D eigenvalue weighted by Crippen LogP contribution is -2.32. The molecule has 0 saturated carbocycles. The second-order valence-electron chi connectivity index (χ2n) is 1.81. The molecule has 1 amide bonds. The molecule has 0 fully saturated rings. The summed E-state index contributed by atoms with van der Waals surface area (Å²) in [7, 11) is 1.38. The quantitative estimate of drug-likeness (QED) is 0.679. The second kappa shape index (κ2) is 4.84. The highest BCUT2D eigenvalue weighted by molar-refractivity contribution is 9.08. The van der Waals surface area contributed by atoms with Crippen LogP contribution in [0.25, 0.3) is 0 Å². The third-order valence-electron chi connectivity index (χ3n) is 0.908. The fourth-order valence-electron chi connectivity index (χ4n) is 0.421. The van der Waals surface area contributed by atoms with Gasteiger partial charge in [-0.1, -0.05) is 0 Å². The van der Waals surface area contributed by atoms with E-state index in [1.807, 2.05) is 0 Å². The van der Waals surface area contributed by atoms with Gasteiger partial charge in [-0.05, 0) is 0 Å². The molecule has 0 aromatic carbocycles. The minimum absolute atomic E-state index is 0.322. The number of carboxylic acid groups (broad SMARTS) is 1. The van der Waals surface area contributed by atoms with E-state index >= 15 is 0 Å². The van der Waals surface area contributed by atoms with Gasteiger partial charge in [0.05, 0.1) is 16.1 Å². The van der Waals surface area contributed by atoms with Gasteiger partial charge in [-0.15, -0.1) is 0 Å². The van der Waals surface area contributed by atoms with Crippen molar-refractivity contribution in [2.45, 2.75) is 0 Å². The number of halogens is 1. The Bertz CT molecular complexity index is 192. The first-order valence-electron chi connectivity index (χ1n) is 2.69. The van der Waals surface area contributed by atoms with Gasteiger partial charge in [0.1, 0.15) is 12.8 Å². The molecule has 0 aliphatic rings. The van der Waals surface area contributed by atoms with Crippen molar-refractivity contribution in [3.63, 3.8) is 0 Å². The summed E-state index contributed by atoms with van der Waals surface area (Å²) in [5.41, 5.74) is 0. The maximum atomic E-state index is 10.8. The first-order valence-corrected chi connectivity index (χ1v) is 3.40. The molecular weight excluding hydrogens is 216 g/mol. The maximum absolute atomic E-state index is 10.8. The van der Waals surface area contributed by atoms with Gasteiger partial charge in [0.25, 0.3) is 5.91 Å². The molecule has 0 aliphatic carbocycles. The molecule has 0 heterocycles. The van der Waals surface area contributed by atoms with Crippen LogP contribution in [0.4, 0.5) is 0 Å². The normalized spacial score (nSPS) is 10.0. The van der Waals surface area contributed by atoms with E-state index in [9.17, 15) is 9.59 Å². The molecule has 0 rings (SSSR count). The molecule has 0 spiro atoms. The predicted octanol–water partition coefficient (Wildman–Crippen LogP) is -0.0899. The monoisotopic (exact) mass is 222 g/mol. The highest BCUT2D eigenvalue weighted by Crippen LogP contribution is 1.84. The number of carbonyl (C=O) groups excluding carboxylic acids is 1. The number of amides is 1. The number of hydrogen-bond acceptors (Lipinski definition) is 3. The topological polar surface area (TPSA) is 70.0 Å². The Morgan fingerprint density at radius 1 is 1.73 bits per heavy atom. The fourth-order valence-corrected chi connectivity index (χ4v) is 0.596. The molecule has 5 nitrogen and oxygen atoms in total. The number of rotatable bonds is 3. The molecule has 0 atom stereocenters. The first-order chi connectivity index (χ1) is 5.07. The zero-order valence-electron chi connectivity index (χ0n) is 5.82. The summed E-state index contributed by atoms with van der Waals surface area (Å²) in [6, 6.07) is 0. The van der Waals surface area contributed by atoms with Crippen LogP contribution >= 0.6 is 16.1 Å². The number of aliphatic carboxylic acids is 1. The summed E-state index contributed by atoms with van der Waals surface area (Å²) < 4.78 is 3.27. The van der Waals surface area contributed by atoms with Crippen LogP contribution in [0.3, 0.4) is 0 Å². The third-order valence-corrected chi connectivity index (χ3v) is 1.11. The van der Waals surface area contributed by atoms with Gasteiger partial charge >= 0.3 is 5.97 Å². The lowest BCUT2D eigenvalue weighted by molar-refractivity contribution is -0.141. The Kier molecular flexibility index (Phi) is 4.44. The van der Waals surface area contributed by atoms with Gasteiger partial charge in [0.15, 0.2) is 0 Å². The lowest BCUT2D eigenvalue weighted by atomic mass is 10.5. The first kappa shape index (κ1) is 10.1. The Labute approximate surface area is 72.0 Å². The molecule has 6 heteroatoms. The van der Waals surface area contributed by atoms with E-state index < -0.39 is 11.9 Å². The van der Waals surface area contributed by atoms with E-state index in [1.165, 1.54) is 7.05 Å². The van der Waals surface area contributed by atoms with Gasteiger partial charge in [-0.3, -0.25) is 9.59 Å². The molecule has 0 aliphatic heterocycles. The van der Waals surface area contributed by atoms with Crippen molar-refractivity contribution >= 4 is 34.2 Å². The summed E-state index contributed by atoms with van der Waals surface area (Å²) >= 11 is 2.66. The summed E-state index contributed by atoms with van der Waals surface area (Å²) in [6.07, 6.45) is 0.989. The number of hydrogen-bond donors (Lipinski definition) is 1. The van der Waals surface area contributed by atoms with Crippen LogP contribution in [0.5, 0.6) is 0 Å². The molecule has 0 aromatic heterocycles. The second-order valence-corrected chi connectivity index (χ2v) is 2.22. The minimum atomic E-state index is -1.05. The van der Waals surface area contributed by atoms with Crippen LogP contribution in [0.1, 0.15) is 0 Å².